The van der Waals surface area contributed by atoms with Gasteiger partial charge in [-0.15, -0.1) is 0 Å². The molecule has 0 aliphatic carbocycles. The fourth-order valence-corrected chi connectivity index (χ4v) is 5.81. The Morgan fingerprint density at radius 1 is 0.929 bits per heavy atom. The van der Waals surface area contributed by atoms with Crippen LogP contribution in [0.3, 0.4) is 0 Å². The van der Waals surface area contributed by atoms with Crippen LogP contribution in [0.2, 0.25) is 0 Å². The zero-order chi connectivity index (χ0) is 30.9. The van der Waals surface area contributed by atoms with Gasteiger partial charge in [-0.2, -0.15) is 0 Å². The maximum atomic E-state index is 14.2. The zero-order valence-corrected chi connectivity index (χ0v) is 25.4. The Morgan fingerprint density at radius 3 is 2.17 bits per heavy atom. The minimum Gasteiger partial charge on any atom is -0.497 e. The summed E-state index contributed by atoms with van der Waals surface area (Å²) in [6, 6.07) is 16.9. The molecule has 3 aromatic carbocycles. The number of ether oxygens (including phenoxy) is 2. The van der Waals surface area contributed by atoms with E-state index in [1.165, 1.54) is 61.6 Å². The summed E-state index contributed by atoms with van der Waals surface area (Å²) in [6.07, 6.45) is 0.954. The van der Waals surface area contributed by atoms with Gasteiger partial charge in [-0.05, 0) is 61.7 Å². The van der Waals surface area contributed by atoms with Gasteiger partial charge in [-0.25, -0.2) is 12.8 Å². The number of rotatable bonds is 14. The first kappa shape index (κ1) is 32.4. The van der Waals surface area contributed by atoms with Gasteiger partial charge < -0.3 is 19.7 Å². The molecular weight excluding hydrogens is 561 g/mol. The average molecular weight is 600 g/mol. The van der Waals surface area contributed by atoms with E-state index in [4.69, 9.17) is 9.47 Å². The second-order valence-corrected chi connectivity index (χ2v) is 11.6. The molecule has 0 bridgehead atoms. The Kier molecular flexibility index (Phi) is 11.3. The third-order valence-electron chi connectivity index (χ3n) is 6.92. The lowest BCUT2D eigenvalue weighted by Gasteiger charge is -2.34. The summed E-state index contributed by atoms with van der Waals surface area (Å²) in [5, 5.41) is 2.92. The third-order valence-corrected chi connectivity index (χ3v) is 8.69. The Morgan fingerprint density at radius 2 is 1.60 bits per heavy atom. The lowest BCUT2D eigenvalue weighted by atomic mass is 10.1. The van der Waals surface area contributed by atoms with Crippen LogP contribution in [0.25, 0.3) is 0 Å². The van der Waals surface area contributed by atoms with Crippen LogP contribution in [-0.2, 0) is 26.2 Å². The number of hydrogen-bond acceptors (Lipinski definition) is 6. The van der Waals surface area contributed by atoms with Crippen molar-refractivity contribution in [3.63, 3.8) is 0 Å². The summed E-state index contributed by atoms with van der Waals surface area (Å²) in [7, 11) is -1.45. The molecule has 0 saturated carbocycles. The van der Waals surface area contributed by atoms with Gasteiger partial charge in [-0.3, -0.25) is 13.9 Å². The van der Waals surface area contributed by atoms with E-state index >= 15 is 0 Å². The first-order valence-corrected chi connectivity index (χ1v) is 15.1. The van der Waals surface area contributed by atoms with Gasteiger partial charge in [0.25, 0.3) is 10.0 Å². The van der Waals surface area contributed by atoms with Gasteiger partial charge >= 0.3 is 0 Å². The Labute approximate surface area is 247 Å². The molecular formula is C31H38FN3O6S. The largest absolute Gasteiger partial charge is 0.497 e. The molecule has 11 heteroatoms. The maximum Gasteiger partial charge on any atom is 0.264 e. The third kappa shape index (κ3) is 7.79. The number of hydrogen-bond donors (Lipinski definition) is 1. The second-order valence-electron chi connectivity index (χ2n) is 9.75. The van der Waals surface area contributed by atoms with Gasteiger partial charge in [0.05, 0.1) is 24.8 Å². The van der Waals surface area contributed by atoms with Crippen molar-refractivity contribution in [2.75, 3.05) is 25.1 Å². The number of nitrogens with one attached hydrogen (secondary N) is 1. The maximum absolute atomic E-state index is 14.2. The predicted molar refractivity (Wildman–Crippen MR) is 159 cm³/mol. The van der Waals surface area contributed by atoms with Crippen LogP contribution < -0.4 is 19.1 Å². The Balaban J connectivity index is 2.13. The first-order chi connectivity index (χ1) is 20.0. The molecule has 0 aliphatic heterocycles. The van der Waals surface area contributed by atoms with Gasteiger partial charge in [-0.1, -0.05) is 44.2 Å². The minimum atomic E-state index is -4.29. The molecule has 9 nitrogen and oxygen atoms in total. The van der Waals surface area contributed by atoms with Crippen LogP contribution in [0.4, 0.5) is 10.1 Å². The fraction of sp³-hybridized carbons (Fsp3) is 0.355. The van der Waals surface area contributed by atoms with E-state index in [1.54, 1.807) is 37.3 Å². The average Bonchev–Trinajstić information content (AvgIpc) is 3.00. The normalized spacial score (nSPS) is 12.6. The molecule has 226 valence electrons. The molecule has 3 aromatic rings. The number of anilines is 1. The molecule has 1 N–H and O–H groups in total. The Hall–Kier alpha value is -4.12. The van der Waals surface area contributed by atoms with Crippen LogP contribution in [0, 0.1) is 5.82 Å². The summed E-state index contributed by atoms with van der Waals surface area (Å²) < 4.78 is 53.5. The van der Waals surface area contributed by atoms with Crippen molar-refractivity contribution in [1.29, 1.82) is 0 Å². The van der Waals surface area contributed by atoms with Gasteiger partial charge in [0.2, 0.25) is 11.8 Å². The van der Waals surface area contributed by atoms with Crippen molar-refractivity contribution < 1.29 is 31.9 Å². The monoisotopic (exact) mass is 599 g/mol. The highest BCUT2D eigenvalue weighted by Gasteiger charge is 2.35. The highest BCUT2D eigenvalue weighted by Crippen LogP contribution is 2.36. The number of carbonyl (C=O) groups is 2. The molecule has 0 aliphatic rings. The molecule has 0 unspecified atom stereocenters. The highest BCUT2D eigenvalue weighted by atomic mass is 32.2. The van der Waals surface area contributed by atoms with Crippen molar-refractivity contribution in [3.05, 3.63) is 84.2 Å². The number of carbonyl (C=O) groups excluding carboxylic acids is 2. The van der Waals surface area contributed by atoms with E-state index in [0.717, 1.165) is 4.31 Å². The van der Waals surface area contributed by atoms with Crippen LogP contribution in [0.5, 0.6) is 11.5 Å². The molecule has 2 atom stereocenters. The molecule has 0 spiro atoms. The van der Waals surface area contributed by atoms with E-state index in [2.05, 4.69) is 5.32 Å². The Bertz CT molecular complexity index is 1450. The predicted octanol–water partition coefficient (Wildman–Crippen LogP) is 4.76. The van der Waals surface area contributed by atoms with Crippen LogP contribution in [0.15, 0.2) is 77.7 Å². The van der Waals surface area contributed by atoms with E-state index in [1.807, 2.05) is 13.8 Å². The molecule has 2 amide bonds. The molecule has 0 radical (unpaired) electrons. The fourth-order valence-electron chi connectivity index (χ4n) is 4.37. The number of halogens is 1. The van der Waals surface area contributed by atoms with Crippen molar-refractivity contribution in [3.8, 4) is 11.5 Å². The molecule has 0 aromatic heterocycles. The number of amides is 2. The number of sulfonamides is 1. The lowest BCUT2D eigenvalue weighted by Crippen LogP contribution is -2.53. The minimum absolute atomic E-state index is 0.0330. The van der Waals surface area contributed by atoms with Crippen molar-refractivity contribution in [2.45, 2.75) is 57.1 Å². The van der Waals surface area contributed by atoms with Gasteiger partial charge in [0.1, 0.15) is 29.9 Å². The summed E-state index contributed by atoms with van der Waals surface area (Å²) >= 11 is 0. The van der Waals surface area contributed by atoms with Gasteiger partial charge in [0.15, 0.2) is 0 Å². The topological polar surface area (TPSA) is 105 Å². The van der Waals surface area contributed by atoms with Crippen LogP contribution in [0.1, 0.15) is 39.2 Å². The van der Waals surface area contributed by atoms with Crippen molar-refractivity contribution >= 4 is 27.5 Å². The number of benzene rings is 3. The standard InChI is InChI=1S/C31H38FN3O6S/c1-6-22(3)33-31(37)27(7-2)34(20-23-13-15-24(32)16-14-23)30(36)21-35(42(38,39)26-11-9-8-10-12-26)28-19-25(40-4)17-18-29(28)41-5/h8-19,22,27H,6-7,20-21H2,1-5H3,(H,33,37)/t22-,27+/m1/s1. The molecule has 0 fully saturated rings. The number of nitrogens with zero attached hydrogens (tertiary/aromatic N) is 2. The van der Waals surface area contributed by atoms with Crippen molar-refractivity contribution in [1.82, 2.24) is 10.2 Å². The van der Waals surface area contributed by atoms with E-state index < -0.39 is 34.3 Å². The highest BCUT2D eigenvalue weighted by molar-refractivity contribution is 7.92. The van der Waals surface area contributed by atoms with E-state index in [0.29, 0.717) is 17.7 Å². The lowest BCUT2D eigenvalue weighted by molar-refractivity contribution is -0.140. The SMILES string of the molecule is CC[C@@H](C)NC(=O)[C@H](CC)N(Cc1ccc(F)cc1)C(=O)CN(c1cc(OC)ccc1OC)S(=O)(=O)c1ccccc1. The molecule has 42 heavy (non-hydrogen) atoms. The smallest absolute Gasteiger partial charge is 0.264 e. The molecule has 3 rings (SSSR count). The van der Waals surface area contributed by atoms with Crippen LogP contribution in [-0.4, -0.2) is 58.0 Å². The van der Waals surface area contributed by atoms with E-state index in [9.17, 15) is 22.4 Å². The molecule has 0 heterocycles. The quantitative estimate of drug-likeness (QED) is 0.287. The van der Waals surface area contributed by atoms with E-state index in [-0.39, 0.29) is 41.2 Å². The molecule has 0 saturated heterocycles. The van der Waals surface area contributed by atoms with Crippen LogP contribution >= 0.6 is 0 Å². The second kappa shape index (κ2) is 14.7. The summed E-state index contributed by atoms with van der Waals surface area (Å²) in [5.41, 5.74) is 0.670. The van der Waals surface area contributed by atoms with Gasteiger partial charge in [0, 0.05) is 18.7 Å². The zero-order valence-electron chi connectivity index (χ0n) is 24.5. The first-order valence-electron chi connectivity index (χ1n) is 13.7. The van der Waals surface area contributed by atoms with Crippen molar-refractivity contribution in [2.24, 2.45) is 0 Å². The number of methoxy groups -OCH3 is 2. The summed E-state index contributed by atoms with van der Waals surface area (Å²) in [4.78, 5) is 28.8. The summed E-state index contributed by atoms with van der Waals surface area (Å²) in [5.74, 6) is -0.874. The summed E-state index contributed by atoms with van der Waals surface area (Å²) in [6.45, 7) is 4.88.